The van der Waals surface area contributed by atoms with Crippen LogP contribution < -0.4 is 4.72 Å². The SMILES string of the molecule is CCCS(=O)(=O)Nc1oncc1-c1ccc(Cl)cc1. The highest BCUT2D eigenvalue weighted by atomic mass is 35.5. The van der Waals surface area contributed by atoms with Gasteiger partial charge in [-0.25, -0.2) is 8.42 Å². The van der Waals surface area contributed by atoms with Gasteiger partial charge in [-0.3, -0.25) is 4.72 Å². The number of hydrogen-bond acceptors (Lipinski definition) is 4. The number of rotatable bonds is 5. The summed E-state index contributed by atoms with van der Waals surface area (Å²) in [6, 6.07) is 6.97. The summed E-state index contributed by atoms with van der Waals surface area (Å²) in [6.07, 6.45) is 1.99. The molecule has 0 aliphatic rings. The van der Waals surface area contributed by atoms with E-state index in [1.165, 1.54) is 6.20 Å². The molecule has 0 aliphatic heterocycles. The van der Waals surface area contributed by atoms with Gasteiger partial charge in [0.1, 0.15) is 0 Å². The molecule has 19 heavy (non-hydrogen) atoms. The van der Waals surface area contributed by atoms with Crippen LogP contribution in [0.15, 0.2) is 35.0 Å². The predicted molar refractivity (Wildman–Crippen MR) is 74.6 cm³/mol. The van der Waals surface area contributed by atoms with Crippen LogP contribution in [-0.2, 0) is 10.0 Å². The van der Waals surface area contributed by atoms with Crippen LogP contribution in [0.1, 0.15) is 13.3 Å². The maximum Gasteiger partial charge on any atom is 0.245 e. The van der Waals surface area contributed by atoms with Crippen LogP contribution in [-0.4, -0.2) is 19.3 Å². The van der Waals surface area contributed by atoms with Crippen molar-refractivity contribution in [3.63, 3.8) is 0 Å². The maximum atomic E-state index is 11.7. The minimum absolute atomic E-state index is 0.0355. The Kier molecular flexibility index (Phi) is 4.11. The van der Waals surface area contributed by atoms with Gasteiger partial charge in [-0.1, -0.05) is 35.8 Å². The molecule has 2 aromatic rings. The summed E-state index contributed by atoms with van der Waals surface area (Å²) in [5.41, 5.74) is 1.36. The van der Waals surface area contributed by atoms with Crippen molar-refractivity contribution in [1.29, 1.82) is 0 Å². The van der Waals surface area contributed by atoms with Gasteiger partial charge in [0.25, 0.3) is 0 Å². The zero-order valence-electron chi connectivity index (χ0n) is 10.3. The van der Waals surface area contributed by atoms with Crippen LogP contribution >= 0.6 is 11.6 Å². The van der Waals surface area contributed by atoms with Gasteiger partial charge in [-0.2, -0.15) is 0 Å². The Morgan fingerprint density at radius 1 is 1.32 bits per heavy atom. The van der Waals surface area contributed by atoms with Gasteiger partial charge in [0.15, 0.2) is 0 Å². The van der Waals surface area contributed by atoms with E-state index in [0.29, 0.717) is 17.0 Å². The first-order valence-electron chi connectivity index (χ1n) is 5.73. The van der Waals surface area contributed by atoms with Crippen molar-refractivity contribution in [3.05, 3.63) is 35.5 Å². The Balaban J connectivity index is 2.30. The van der Waals surface area contributed by atoms with Gasteiger partial charge in [0, 0.05) is 5.02 Å². The molecule has 1 aromatic heterocycles. The molecule has 7 heteroatoms. The molecule has 0 radical (unpaired) electrons. The molecule has 5 nitrogen and oxygen atoms in total. The smallest absolute Gasteiger partial charge is 0.245 e. The summed E-state index contributed by atoms with van der Waals surface area (Å²) < 4.78 is 30.8. The first-order valence-corrected chi connectivity index (χ1v) is 7.76. The first kappa shape index (κ1) is 13.9. The largest absolute Gasteiger partial charge is 0.337 e. The second kappa shape index (κ2) is 5.63. The Bertz CT molecular complexity index is 650. The van der Waals surface area contributed by atoms with E-state index in [2.05, 4.69) is 9.88 Å². The molecule has 0 unspecified atom stereocenters. The van der Waals surface area contributed by atoms with Gasteiger partial charge in [-0.05, 0) is 24.1 Å². The molecule has 1 heterocycles. The number of anilines is 1. The molecule has 0 bridgehead atoms. The van der Waals surface area contributed by atoms with Crippen LogP contribution in [0.25, 0.3) is 11.1 Å². The molecule has 0 atom stereocenters. The Hall–Kier alpha value is -1.53. The third-order valence-electron chi connectivity index (χ3n) is 2.45. The molecular formula is C12H13ClN2O3S. The van der Waals surface area contributed by atoms with Crippen LogP contribution in [0.5, 0.6) is 0 Å². The highest BCUT2D eigenvalue weighted by Gasteiger charge is 2.16. The van der Waals surface area contributed by atoms with E-state index >= 15 is 0 Å². The summed E-state index contributed by atoms with van der Waals surface area (Å²) in [7, 11) is -3.40. The standard InChI is InChI=1S/C12H13ClN2O3S/c1-2-7-19(16,17)15-12-11(8-14-18-12)9-3-5-10(13)6-4-9/h3-6,8,15H,2,7H2,1H3. The van der Waals surface area contributed by atoms with Crippen LogP contribution in [0.2, 0.25) is 5.02 Å². The van der Waals surface area contributed by atoms with Crippen molar-refractivity contribution in [3.8, 4) is 11.1 Å². The van der Waals surface area contributed by atoms with E-state index in [9.17, 15) is 8.42 Å². The lowest BCUT2D eigenvalue weighted by Crippen LogP contribution is -2.16. The Labute approximate surface area is 116 Å². The van der Waals surface area contributed by atoms with Crippen LogP contribution in [0, 0.1) is 0 Å². The van der Waals surface area contributed by atoms with Crippen LogP contribution in [0.3, 0.4) is 0 Å². The topological polar surface area (TPSA) is 72.2 Å². The highest BCUT2D eigenvalue weighted by molar-refractivity contribution is 7.92. The summed E-state index contributed by atoms with van der Waals surface area (Å²) >= 11 is 5.81. The first-order chi connectivity index (χ1) is 9.02. The molecule has 0 saturated heterocycles. The van der Waals surface area contributed by atoms with E-state index < -0.39 is 10.0 Å². The summed E-state index contributed by atoms with van der Waals surface area (Å²) in [5, 5.41) is 4.24. The maximum absolute atomic E-state index is 11.7. The molecule has 1 aromatic carbocycles. The van der Waals surface area contributed by atoms with Crippen molar-refractivity contribution in [2.45, 2.75) is 13.3 Å². The lowest BCUT2D eigenvalue weighted by atomic mass is 10.1. The summed E-state index contributed by atoms with van der Waals surface area (Å²) in [6.45, 7) is 1.79. The van der Waals surface area contributed by atoms with Gasteiger partial charge in [0.2, 0.25) is 15.9 Å². The third kappa shape index (κ3) is 3.48. The van der Waals surface area contributed by atoms with E-state index in [4.69, 9.17) is 16.1 Å². The molecule has 1 N–H and O–H groups in total. The third-order valence-corrected chi connectivity index (χ3v) is 4.14. The molecular weight excluding hydrogens is 288 g/mol. The number of nitrogens with zero attached hydrogens (tertiary/aromatic N) is 1. The average Bonchev–Trinajstić information content (AvgIpc) is 2.77. The molecule has 102 valence electrons. The molecule has 0 aliphatic carbocycles. The lowest BCUT2D eigenvalue weighted by Gasteiger charge is -2.05. The minimum Gasteiger partial charge on any atom is -0.337 e. The Morgan fingerprint density at radius 2 is 2.00 bits per heavy atom. The van der Waals surface area contributed by atoms with Crippen molar-refractivity contribution in [2.75, 3.05) is 10.5 Å². The lowest BCUT2D eigenvalue weighted by molar-refractivity contribution is 0.435. The fourth-order valence-electron chi connectivity index (χ4n) is 1.61. The molecule has 0 fully saturated rings. The number of sulfonamides is 1. The second-order valence-corrected chi connectivity index (χ2v) is 6.27. The normalized spacial score (nSPS) is 11.5. The number of aromatic nitrogens is 1. The fourth-order valence-corrected chi connectivity index (χ4v) is 2.80. The van der Waals surface area contributed by atoms with Crippen LogP contribution in [0.4, 0.5) is 5.88 Å². The summed E-state index contributed by atoms with van der Waals surface area (Å²) in [4.78, 5) is 0. The molecule has 0 spiro atoms. The quantitative estimate of drug-likeness (QED) is 0.920. The van der Waals surface area contributed by atoms with E-state index in [0.717, 1.165) is 5.56 Å². The molecule has 0 saturated carbocycles. The predicted octanol–water partition coefficient (Wildman–Crippen LogP) is 3.15. The minimum atomic E-state index is -3.40. The Morgan fingerprint density at radius 3 is 2.63 bits per heavy atom. The van der Waals surface area contributed by atoms with Crippen molar-refractivity contribution >= 4 is 27.5 Å². The van der Waals surface area contributed by atoms with E-state index in [-0.39, 0.29) is 11.6 Å². The van der Waals surface area contributed by atoms with Gasteiger partial charge < -0.3 is 4.52 Å². The average molecular weight is 301 g/mol. The summed E-state index contributed by atoms with van der Waals surface area (Å²) in [5.74, 6) is 0.157. The van der Waals surface area contributed by atoms with Gasteiger partial charge in [-0.15, -0.1) is 0 Å². The molecule has 0 amide bonds. The highest BCUT2D eigenvalue weighted by Crippen LogP contribution is 2.29. The second-order valence-electron chi connectivity index (χ2n) is 4.00. The van der Waals surface area contributed by atoms with Crippen molar-refractivity contribution in [2.24, 2.45) is 0 Å². The van der Waals surface area contributed by atoms with Gasteiger partial charge in [0.05, 0.1) is 17.5 Å². The number of hydrogen-bond donors (Lipinski definition) is 1. The zero-order valence-corrected chi connectivity index (χ0v) is 11.8. The molecule has 2 rings (SSSR count). The number of benzene rings is 1. The van der Waals surface area contributed by atoms with Crippen molar-refractivity contribution in [1.82, 2.24) is 5.16 Å². The fraction of sp³-hybridized carbons (Fsp3) is 0.250. The number of halogens is 1. The number of nitrogens with one attached hydrogen (secondary N) is 1. The van der Waals surface area contributed by atoms with Gasteiger partial charge >= 0.3 is 0 Å². The van der Waals surface area contributed by atoms with E-state index in [1.54, 1.807) is 31.2 Å². The monoisotopic (exact) mass is 300 g/mol. The van der Waals surface area contributed by atoms with Crippen molar-refractivity contribution < 1.29 is 12.9 Å². The zero-order chi connectivity index (χ0) is 13.9. The van der Waals surface area contributed by atoms with E-state index in [1.807, 2.05) is 0 Å².